The normalized spacial score (nSPS) is 15.8. The highest BCUT2D eigenvalue weighted by molar-refractivity contribution is 6.30. The zero-order chi connectivity index (χ0) is 15.4. The molecular weight excluding hydrogens is 292 g/mol. The monoisotopic (exact) mass is 310 g/mol. The minimum Gasteiger partial charge on any atom is -0.480 e. The van der Waals surface area contributed by atoms with Gasteiger partial charge >= 0.3 is 5.97 Å². The van der Waals surface area contributed by atoms with Crippen molar-refractivity contribution in [2.75, 3.05) is 11.9 Å². The third-order valence-electron chi connectivity index (χ3n) is 3.60. The summed E-state index contributed by atoms with van der Waals surface area (Å²) in [4.78, 5) is 24.9. The molecule has 1 unspecified atom stereocenters. The van der Waals surface area contributed by atoms with Gasteiger partial charge in [-0.15, -0.1) is 0 Å². The van der Waals surface area contributed by atoms with Gasteiger partial charge in [-0.25, -0.2) is 0 Å². The summed E-state index contributed by atoms with van der Waals surface area (Å²) >= 11 is 5.78. The van der Waals surface area contributed by atoms with Gasteiger partial charge < -0.3 is 10.4 Å². The number of halogens is 1. The number of hydrogen-bond acceptors (Lipinski definition) is 3. The van der Waals surface area contributed by atoms with Crippen LogP contribution in [0.5, 0.6) is 0 Å². The van der Waals surface area contributed by atoms with E-state index in [0.29, 0.717) is 23.3 Å². The van der Waals surface area contributed by atoms with Crippen LogP contribution >= 0.6 is 11.6 Å². The molecule has 0 saturated heterocycles. The first-order valence-electron chi connectivity index (χ1n) is 7.01. The fourth-order valence-electron chi connectivity index (χ4n) is 2.23. The topological polar surface area (TPSA) is 69.6 Å². The maximum absolute atomic E-state index is 11.9. The third kappa shape index (κ3) is 4.72. The van der Waals surface area contributed by atoms with Crippen LogP contribution < -0.4 is 5.32 Å². The van der Waals surface area contributed by atoms with E-state index in [0.717, 1.165) is 12.8 Å². The summed E-state index contributed by atoms with van der Waals surface area (Å²) in [6.45, 7) is 2.12. The van der Waals surface area contributed by atoms with Crippen molar-refractivity contribution in [2.24, 2.45) is 0 Å². The Morgan fingerprint density at radius 2 is 2.00 bits per heavy atom. The molecule has 1 aliphatic rings. The van der Waals surface area contributed by atoms with Crippen LogP contribution in [0, 0.1) is 0 Å². The van der Waals surface area contributed by atoms with E-state index in [9.17, 15) is 9.59 Å². The Bertz CT molecular complexity index is 514. The number of rotatable bonds is 7. The standard InChI is InChI=1S/C15H19ClN2O3/c1-10(15(20)21)18(13-6-7-13)9-8-14(19)17-12-4-2-11(16)3-5-12/h2-5,10,13H,6-9H2,1H3,(H,17,19)(H,20,21). The van der Waals surface area contributed by atoms with Crippen molar-refractivity contribution in [1.82, 2.24) is 4.90 Å². The second-order valence-corrected chi connectivity index (χ2v) is 5.72. The number of carboxylic acid groups (broad SMARTS) is 1. The molecule has 0 aliphatic heterocycles. The number of aliphatic carboxylic acids is 1. The Labute approximate surface area is 128 Å². The molecule has 1 amide bonds. The number of anilines is 1. The van der Waals surface area contributed by atoms with Crippen LogP contribution in [-0.2, 0) is 9.59 Å². The van der Waals surface area contributed by atoms with E-state index in [4.69, 9.17) is 16.7 Å². The second-order valence-electron chi connectivity index (χ2n) is 5.29. The SMILES string of the molecule is CC(C(=O)O)N(CCC(=O)Nc1ccc(Cl)cc1)C1CC1. The van der Waals surface area contributed by atoms with Gasteiger partial charge in [0.15, 0.2) is 0 Å². The zero-order valence-corrected chi connectivity index (χ0v) is 12.6. The molecule has 0 heterocycles. The molecule has 1 fully saturated rings. The molecule has 0 radical (unpaired) electrons. The highest BCUT2D eigenvalue weighted by Crippen LogP contribution is 2.28. The van der Waals surface area contributed by atoms with Gasteiger partial charge in [-0.05, 0) is 44.0 Å². The van der Waals surface area contributed by atoms with Crippen molar-refractivity contribution in [3.05, 3.63) is 29.3 Å². The molecule has 1 saturated carbocycles. The predicted molar refractivity (Wildman–Crippen MR) is 81.5 cm³/mol. The number of benzene rings is 1. The zero-order valence-electron chi connectivity index (χ0n) is 11.9. The van der Waals surface area contributed by atoms with Crippen LogP contribution in [0.2, 0.25) is 5.02 Å². The van der Waals surface area contributed by atoms with Crippen molar-refractivity contribution in [1.29, 1.82) is 0 Å². The number of carboxylic acids is 1. The van der Waals surface area contributed by atoms with Crippen molar-refractivity contribution in [3.8, 4) is 0 Å². The number of hydrogen-bond donors (Lipinski definition) is 2. The Hall–Kier alpha value is -1.59. The van der Waals surface area contributed by atoms with Crippen molar-refractivity contribution in [3.63, 3.8) is 0 Å². The van der Waals surface area contributed by atoms with Crippen LogP contribution in [0.25, 0.3) is 0 Å². The van der Waals surface area contributed by atoms with Crippen LogP contribution in [0.3, 0.4) is 0 Å². The van der Waals surface area contributed by atoms with Gasteiger partial charge in [-0.2, -0.15) is 0 Å². The van der Waals surface area contributed by atoms with E-state index in [1.54, 1.807) is 31.2 Å². The maximum atomic E-state index is 11.9. The predicted octanol–water partition coefficient (Wildman–Crippen LogP) is 2.61. The Balaban J connectivity index is 1.84. The van der Waals surface area contributed by atoms with Crippen molar-refractivity contribution in [2.45, 2.75) is 38.3 Å². The van der Waals surface area contributed by atoms with Gasteiger partial charge in [-0.1, -0.05) is 11.6 Å². The molecule has 1 aliphatic carbocycles. The first-order chi connectivity index (χ1) is 9.97. The minimum atomic E-state index is -0.847. The molecule has 1 atom stereocenters. The van der Waals surface area contributed by atoms with Crippen LogP contribution in [0.1, 0.15) is 26.2 Å². The largest absolute Gasteiger partial charge is 0.480 e. The third-order valence-corrected chi connectivity index (χ3v) is 3.85. The summed E-state index contributed by atoms with van der Waals surface area (Å²) in [5.74, 6) is -0.972. The molecule has 1 aromatic carbocycles. The molecule has 0 aromatic heterocycles. The lowest BCUT2D eigenvalue weighted by atomic mass is 10.2. The fraction of sp³-hybridized carbons (Fsp3) is 0.467. The summed E-state index contributed by atoms with van der Waals surface area (Å²) < 4.78 is 0. The summed E-state index contributed by atoms with van der Waals surface area (Å²) in [7, 11) is 0. The van der Waals surface area contributed by atoms with Gasteiger partial charge in [0.05, 0.1) is 0 Å². The molecule has 2 rings (SSSR count). The molecule has 0 spiro atoms. The molecule has 1 aromatic rings. The maximum Gasteiger partial charge on any atom is 0.320 e. The van der Waals surface area contributed by atoms with Gasteiger partial charge in [0.1, 0.15) is 6.04 Å². The first-order valence-corrected chi connectivity index (χ1v) is 7.39. The Morgan fingerprint density at radius 1 is 1.38 bits per heavy atom. The summed E-state index contributed by atoms with van der Waals surface area (Å²) in [5, 5.41) is 12.5. The Morgan fingerprint density at radius 3 is 2.52 bits per heavy atom. The lowest BCUT2D eigenvalue weighted by molar-refractivity contribution is -0.143. The highest BCUT2D eigenvalue weighted by Gasteiger charge is 2.34. The quantitative estimate of drug-likeness (QED) is 0.812. The molecule has 6 heteroatoms. The summed E-state index contributed by atoms with van der Waals surface area (Å²) in [6, 6.07) is 6.64. The number of nitrogens with one attached hydrogen (secondary N) is 1. The van der Waals surface area contributed by atoms with Crippen LogP contribution in [-0.4, -0.2) is 40.5 Å². The number of carbonyl (C=O) groups excluding carboxylic acids is 1. The van der Waals surface area contributed by atoms with Crippen LogP contribution in [0.4, 0.5) is 5.69 Å². The van der Waals surface area contributed by atoms with Crippen molar-refractivity contribution >= 4 is 29.2 Å². The lowest BCUT2D eigenvalue weighted by Crippen LogP contribution is -2.42. The number of amides is 1. The lowest BCUT2D eigenvalue weighted by Gasteiger charge is -2.25. The minimum absolute atomic E-state index is 0.124. The second kappa shape index (κ2) is 6.91. The smallest absolute Gasteiger partial charge is 0.320 e. The molecule has 114 valence electrons. The summed E-state index contributed by atoms with van der Waals surface area (Å²) in [6.07, 6.45) is 2.30. The van der Waals surface area contributed by atoms with Crippen molar-refractivity contribution < 1.29 is 14.7 Å². The van der Waals surface area contributed by atoms with E-state index < -0.39 is 12.0 Å². The van der Waals surface area contributed by atoms with Gasteiger partial charge in [0.2, 0.25) is 5.91 Å². The molecular formula is C15H19ClN2O3. The molecule has 0 bridgehead atoms. The van der Waals surface area contributed by atoms with E-state index in [1.807, 2.05) is 4.90 Å². The van der Waals surface area contributed by atoms with E-state index >= 15 is 0 Å². The van der Waals surface area contributed by atoms with E-state index in [2.05, 4.69) is 5.32 Å². The molecule has 21 heavy (non-hydrogen) atoms. The van der Waals surface area contributed by atoms with Gasteiger partial charge in [-0.3, -0.25) is 14.5 Å². The number of nitrogens with zero attached hydrogens (tertiary/aromatic N) is 1. The molecule has 5 nitrogen and oxygen atoms in total. The van der Waals surface area contributed by atoms with Gasteiger partial charge in [0, 0.05) is 29.7 Å². The highest BCUT2D eigenvalue weighted by atomic mass is 35.5. The van der Waals surface area contributed by atoms with Gasteiger partial charge in [0.25, 0.3) is 0 Å². The average Bonchev–Trinajstić information content (AvgIpc) is 3.26. The summed E-state index contributed by atoms with van der Waals surface area (Å²) in [5.41, 5.74) is 0.689. The van der Waals surface area contributed by atoms with E-state index in [1.165, 1.54) is 0 Å². The first kappa shape index (κ1) is 15.8. The fourth-order valence-corrected chi connectivity index (χ4v) is 2.35. The van der Waals surface area contributed by atoms with E-state index in [-0.39, 0.29) is 12.3 Å². The Kier molecular flexibility index (Phi) is 5.20. The number of carbonyl (C=O) groups is 2. The average molecular weight is 311 g/mol. The van der Waals surface area contributed by atoms with Crippen LogP contribution in [0.15, 0.2) is 24.3 Å². The molecule has 2 N–H and O–H groups in total.